The number of allylic oxidation sites excluding steroid dienone is 1. The van der Waals surface area contributed by atoms with E-state index in [1.165, 1.54) is 42.5 Å². The number of nitrogens with zero attached hydrogens (tertiary/aromatic N) is 1. The van der Waals surface area contributed by atoms with Gasteiger partial charge >= 0.3 is 6.03 Å². The van der Waals surface area contributed by atoms with Crippen molar-refractivity contribution in [2.24, 2.45) is 0 Å². The van der Waals surface area contributed by atoms with Crippen molar-refractivity contribution in [3.05, 3.63) is 81.3 Å². The Morgan fingerprint density at radius 2 is 1.93 bits per heavy atom. The van der Waals surface area contributed by atoms with Gasteiger partial charge in [0.05, 0.1) is 16.5 Å². The molecule has 0 unspecified atom stereocenters. The van der Waals surface area contributed by atoms with Crippen LogP contribution in [0.2, 0.25) is 0 Å². The lowest BCUT2D eigenvalue weighted by atomic mass is 9.94. The molecule has 0 fully saturated rings. The van der Waals surface area contributed by atoms with Crippen LogP contribution in [-0.2, 0) is 4.79 Å². The Bertz CT molecular complexity index is 956. The standard InChI is InChI=1S/C18H15FN4O4/c1-10-15(17(24)21-13-5-7-14(8-6-13)23(26)27)16(22-18(25)20-10)11-3-2-4-12(19)9-11/h2-9,16H,1H3,(H,21,24)(H2,20,22,25)/t16-/m1/s1. The molecule has 27 heavy (non-hydrogen) atoms. The van der Waals surface area contributed by atoms with Gasteiger partial charge in [0.15, 0.2) is 0 Å². The Morgan fingerprint density at radius 1 is 1.22 bits per heavy atom. The van der Waals surface area contributed by atoms with Gasteiger partial charge in [-0.1, -0.05) is 12.1 Å². The molecule has 0 saturated carbocycles. The van der Waals surface area contributed by atoms with Crippen LogP contribution in [0.15, 0.2) is 59.8 Å². The third-order valence-electron chi connectivity index (χ3n) is 4.03. The van der Waals surface area contributed by atoms with Gasteiger partial charge in [-0.15, -0.1) is 0 Å². The van der Waals surface area contributed by atoms with E-state index in [4.69, 9.17) is 0 Å². The average molecular weight is 370 g/mol. The first-order chi connectivity index (χ1) is 12.8. The van der Waals surface area contributed by atoms with Crippen molar-refractivity contribution in [2.75, 3.05) is 5.32 Å². The number of nitro groups is 1. The van der Waals surface area contributed by atoms with Crippen LogP contribution in [0.25, 0.3) is 0 Å². The zero-order chi connectivity index (χ0) is 19.6. The van der Waals surface area contributed by atoms with Crippen molar-refractivity contribution in [1.29, 1.82) is 0 Å². The van der Waals surface area contributed by atoms with Crippen LogP contribution in [0.5, 0.6) is 0 Å². The molecule has 2 aromatic rings. The van der Waals surface area contributed by atoms with Crippen molar-refractivity contribution in [3.63, 3.8) is 0 Å². The first-order valence-electron chi connectivity index (χ1n) is 7.94. The molecule has 9 heteroatoms. The molecule has 2 aromatic carbocycles. The normalized spacial score (nSPS) is 16.4. The Labute approximate surface area is 153 Å². The number of carbonyl (C=O) groups excluding carboxylic acids is 2. The molecule has 8 nitrogen and oxygen atoms in total. The summed E-state index contributed by atoms with van der Waals surface area (Å²) in [6, 6.07) is 9.58. The number of nitro benzene ring substituents is 1. The molecule has 0 aliphatic carbocycles. The summed E-state index contributed by atoms with van der Waals surface area (Å²) >= 11 is 0. The minimum absolute atomic E-state index is 0.104. The predicted octanol–water partition coefficient (Wildman–Crippen LogP) is 3.00. The van der Waals surface area contributed by atoms with Crippen molar-refractivity contribution >= 4 is 23.3 Å². The van der Waals surface area contributed by atoms with Gasteiger partial charge in [-0.2, -0.15) is 0 Å². The van der Waals surface area contributed by atoms with E-state index in [0.29, 0.717) is 16.9 Å². The Balaban J connectivity index is 1.90. The zero-order valence-corrected chi connectivity index (χ0v) is 14.2. The summed E-state index contributed by atoms with van der Waals surface area (Å²) in [6.45, 7) is 1.57. The predicted molar refractivity (Wildman–Crippen MR) is 95.2 cm³/mol. The smallest absolute Gasteiger partial charge is 0.319 e. The molecular weight excluding hydrogens is 355 g/mol. The van der Waals surface area contributed by atoms with E-state index in [0.717, 1.165) is 0 Å². The molecular formula is C18H15FN4O4. The Hall–Kier alpha value is -3.75. The molecule has 1 atom stereocenters. The van der Waals surface area contributed by atoms with Crippen LogP contribution in [0.4, 0.5) is 20.6 Å². The number of halogens is 1. The van der Waals surface area contributed by atoms with Crippen molar-refractivity contribution in [3.8, 4) is 0 Å². The highest BCUT2D eigenvalue weighted by atomic mass is 19.1. The molecule has 0 spiro atoms. The maximum atomic E-state index is 13.6. The van der Waals surface area contributed by atoms with E-state index < -0.39 is 28.7 Å². The maximum absolute atomic E-state index is 13.6. The largest absolute Gasteiger partial charge is 0.327 e. The van der Waals surface area contributed by atoms with Gasteiger partial charge in [0.2, 0.25) is 0 Å². The highest BCUT2D eigenvalue weighted by Crippen LogP contribution is 2.28. The van der Waals surface area contributed by atoms with E-state index in [9.17, 15) is 24.1 Å². The van der Waals surface area contributed by atoms with Gasteiger partial charge in [-0.25, -0.2) is 9.18 Å². The second-order valence-corrected chi connectivity index (χ2v) is 5.88. The summed E-state index contributed by atoms with van der Waals surface area (Å²) in [5, 5.41) is 18.5. The topological polar surface area (TPSA) is 113 Å². The summed E-state index contributed by atoms with van der Waals surface area (Å²) in [7, 11) is 0. The molecule has 1 heterocycles. The van der Waals surface area contributed by atoms with Crippen molar-refractivity contribution in [2.45, 2.75) is 13.0 Å². The first-order valence-corrected chi connectivity index (χ1v) is 7.94. The van der Waals surface area contributed by atoms with Crippen LogP contribution in [-0.4, -0.2) is 16.9 Å². The number of hydrogen-bond donors (Lipinski definition) is 3. The minimum Gasteiger partial charge on any atom is -0.327 e. The number of hydrogen-bond acceptors (Lipinski definition) is 4. The van der Waals surface area contributed by atoms with Gasteiger partial charge < -0.3 is 16.0 Å². The molecule has 1 aliphatic heterocycles. The fourth-order valence-electron chi connectivity index (χ4n) is 2.80. The molecule has 0 bridgehead atoms. The molecule has 3 rings (SSSR count). The second kappa shape index (κ2) is 7.24. The number of rotatable bonds is 4. The van der Waals surface area contributed by atoms with E-state index in [-0.39, 0.29) is 11.3 Å². The number of amides is 3. The molecule has 0 aromatic heterocycles. The van der Waals surface area contributed by atoms with Gasteiger partial charge in [0.1, 0.15) is 5.82 Å². The molecule has 0 radical (unpaired) electrons. The lowest BCUT2D eigenvalue weighted by Crippen LogP contribution is -2.46. The number of benzene rings is 2. The highest BCUT2D eigenvalue weighted by molar-refractivity contribution is 6.06. The fourth-order valence-corrected chi connectivity index (χ4v) is 2.80. The summed E-state index contributed by atoms with van der Waals surface area (Å²) in [5.41, 5.74) is 1.19. The molecule has 3 N–H and O–H groups in total. The van der Waals surface area contributed by atoms with Crippen LogP contribution in [0.1, 0.15) is 18.5 Å². The van der Waals surface area contributed by atoms with Crippen LogP contribution in [0, 0.1) is 15.9 Å². The molecule has 0 saturated heterocycles. The third-order valence-corrected chi connectivity index (χ3v) is 4.03. The highest BCUT2D eigenvalue weighted by Gasteiger charge is 2.31. The van der Waals surface area contributed by atoms with Crippen LogP contribution >= 0.6 is 0 Å². The van der Waals surface area contributed by atoms with Crippen molar-refractivity contribution < 1.29 is 18.9 Å². The monoisotopic (exact) mass is 370 g/mol. The number of carbonyl (C=O) groups is 2. The van der Waals surface area contributed by atoms with Gasteiger partial charge in [0, 0.05) is 23.5 Å². The third kappa shape index (κ3) is 3.92. The van der Waals surface area contributed by atoms with E-state index >= 15 is 0 Å². The fraction of sp³-hybridized carbons (Fsp3) is 0.111. The average Bonchev–Trinajstić information content (AvgIpc) is 2.61. The van der Waals surface area contributed by atoms with E-state index in [1.807, 2.05) is 0 Å². The van der Waals surface area contributed by atoms with Crippen molar-refractivity contribution in [1.82, 2.24) is 10.6 Å². The molecule has 1 aliphatic rings. The molecule has 3 amide bonds. The number of non-ortho nitro benzene ring substituents is 1. The summed E-state index contributed by atoms with van der Waals surface area (Å²) in [5.74, 6) is -1.02. The number of urea groups is 1. The quantitative estimate of drug-likeness (QED) is 0.567. The summed E-state index contributed by atoms with van der Waals surface area (Å²) in [4.78, 5) is 34.8. The van der Waals surface area contributed by atoms with E-state index in [2.05, 4.69) is 16.0 Å². The summed E-state index contributed by atoms with van der Waals surface area (Å²) in [6.07, 6.45) is 0. The second-order valence-electron chi connectivity index (χ2n) is 5.88. The number of anilines is 1. The SMILES string of the molecule is CC1=C(C(=O)Nc2ccc([N+](=O)[O-])cc2)[C@@H](c2cccc(F)c2)NC(=O)N1. The first kappa shape index (κ1) is 18.1. The molecule has 138 valence electrons. The Morgan fingerprint density at radius 3 is 2.56 bits per heavy atom. The lowest BCUT2D eigenvalue weighted by Gasteiger charge is -2.28. The number of nitrogens with one attached hydrogen (secondary N) is 3. The summed E-state index contributed by atoms with van der Waals surface area (Å²) < 4.78 is 13.6. The van der Waals surface area contributed by atoms with Crippen LogP contribution in [0.3, 0.4) is 0 Å². The van der Waals surface area contributed by atoms with E-state index in [1.54, 1.807) is 13.0 Å². The van der Waals surface area contributed by atoms with Gasteiger partial charge in [-0.3, -0.25) is 14.9 Å². The minimum atomic E-state index is -0.840. The Kier molecular flexibility index (Phi) is 4.84. The van der Waals surface area contributed by atoms with Gasteiger partial charge in [-0.05, 0) is 36.8 Å². The zero-order valence-electron chi connectivity index (χ0n) is 14.2. The maximum Gasteiger partial charge on any atom is 0.319 e. The van der Waals surface area contributed by atoms with Gasteiger partial charge in [0.25, 0.3) is 11.6 Å². The van der Waals surface area contributed by atoms with Crippen LogP contribution < -0.4 is 16.0 Å². The lowest BCUT2D eigenvalue weighted by molar-refractivity contribution is -0.384.